The molecule has 1 unspecified atom stereocenters. The van der Waals surface area contributed by atoms with Gasteiger partial charge in [0.2, 0.25) is 11.0 Å². The quantitative estimate of drug-likeness (QED) is 0.707. The molecule has 0 saturated carbocycles. The van der Waals surface area contributed by atoms with Gasteiger partial charge in [0.15, 0.2) is 4.34 Å². The van der Waals surface area contributed by atoms with Gasteiger partial charge in [0.05, 0.1) is 5.25 Å². The Hall–Kier alpha value is -2.01. The molecule has 11 heteroatoms. The molecule has 0 bridgehead atoms. The molecule has 2 heterocycles. The smallest absolute Gasteiger partial charge is 0.406 e. The predicted octanol–water partition coefficient (Wildman–Crippen LogP) is 4.28. The Morgan fingerprint density at radius 2 is 1.93 bits per heavy atom. The summed E-state index contributed by atoms with van der Waals surface area (Å²) in [7, 11) is 0. The Labute approximate surface area is 162 Å². The molecule has 1 atom stereocenters. The topological polar surface area (TPSA) is 67.4 Å². The molecule has 1 saturated heterocycles. The summed E-state index contributed by atoms with van der Waals surface area (Å²) in [6.07, 6.45) is -2.63. The van der Waals surface area contributed by atoms with Crippen LogP contribution >= 0.6 is 23.1 Å². The maximum atomic E-state index is 12.3. The minimum atomic E-state index is -4.72. The minimum absolute atomic E-state index is 0.0995. The lowest BCUT2D eigenvalue weighted by atomic mass is 10.3. The third-order valence-electron chi connectivity index (χ3n) is 3.79. The average Bonchev–Trinajstić information content (AvgIpc) is 3.27. The number of ether oxygens (including phenoxy) is 1. The van der Waals surface area contributed by atoms with Gasteiger partial charge in [-0.25, -0.2) is 0 Å². The molecule has 2 aromatic rings. The molecule has 1 aromatic heterocycles. The van der Waals surface area contributed by atoms with Crippen molar-refractivity contribution in [1.29, 1.82) is 0 Å². The molecule has 1 N–H and O–H groups in total. The van der Waals surface area contributed by atoms with Crippen molar-refractivity contribution in [3.63, 3.8) is 0 Å². The van der Waals surface area contributed by atoms with E-state index in [-0.39, 0.29) is 16.9 Å². The Morgan fingerprint density at radius 3 is 2.56 bits per heavy atom. The summed E-state index contributed by atoms with van der Waals surface area (Å²) in [5.74, 6) is -0.196. The fourth-order valence-electron chi connectivity index (χ4n) is 2.57. The summed E-state index contributed by atoms with van der Waals surface area (Å²) in [4.78, 5) is 14.2. The van der Waals surface area contributed by atoms with E-state index in [1.165, 1.54) is 47.4 Å². The number of likely N-dealkylation sites (tertiary alicyclic amines) is 1. The zero-order chi connectivity index (χ0) is 19.4. The van der Waals surface area contributed by atoms with Gasteiger partial charge in [-0.2, -0.15) is 0 Å². The van der Waals surface area contributed by atoms with E-state index in [1.807, 2.05) is 11.8 Å². The molecule has 1 aliphatic rings. The molecule has 1 aliphatic heterocycles. The number of rotatable bonds is 6. The van der Waals surface area contributed by atoms with Crippen LogP contribution in [0.15, 0.2) is 28.6 Å². The SMILES string of the molecule is CC(Sc1nnc(Nc2ccc(OC(F)(F)F)cc2)s1)C(=O)N1CCCC1. The van der Waals surface area contributed by atoms with E-state index < -0.39 is 6.36 Å². The van der Waals surface area contributed by atoms with Gasteiger partial charge in [-0.1, -0.05) is 23.1 Å². The maximum Gasteiger partial charge on any atom is 0.573 e. The van der Waals surface area contributed by atoms with Gasteiger partial charge in [0.1, 0.15) is 5.75 Å². The second-order valence-electron chi connectivity index (χ2n) is 5.86. The predicted molar refractivity (Wildman–Crippen MR) is 97.4 cm³/mol. The molecule has 27 heavy (non-hydrogen) atoms. The van der Waals surface area contributed by atoms with Gasteiger partial charge >= 0.3 is 6.36 Å². The van der Waals surface area contributed by atoms with Crippen LogP contribution in [-0.2, 0) is 4.79 Å². The van der Waals surface area contributed by atoms with Crippen molar-refractivity contribution >= 4 is 39.8 Å². The van der Waals surface area contributed by atoms with Gasteiger partial charge in [-0.3, -0.25) is 4.79 Å². The summed E-state index contributed by atoms with van der Waals surface area (Å²) in [6.45, 7) is 3.46. The number of carbonyl (C=O) groups is 1. The number of nitrogens with zero attached hydrogens (tertiary/aromatic N) is 3. The molecule has 0 spiro atoms. The number of thioether (sulfide) groups is 1. The fraction of sp³-hybridized carbons (Fsp3) is 0.438. The highest BCUT2D eigenvalue weighted by Gasteiger charge is 2.31. The number of amides is 1. The van der Waals surface area contributed by atoms with E-state index in [9.17, 15) is 18.0 Å². The van der Waals surface area contributed by atoms with E-state index >= 15 is 0 Å². The van der Waals surface area contributed by atoms with Crippen LogP contribution in [-0.4, -0.2) is 45.7 Å². The lowest BCUT2D eigenvalue weighted by Gasteiger charge is -2.18. The van der Waals surface area contributed by atoms with Crippen LogP contribution in [0.5, 0.6) is 5.75 Å². The lowest BCUT2D eigenvalue weighted by molar-refractivity contribution is -0.274. The number of nitrogens with one attached hydrogen (secondary N) is 1. The average molecular weight is 418 g/mol. The standard InChI is InChI=1S/C16H17F3N4O2S2/c1-10(13(24)23-8-2-3-9-23)26-15-22-21-14(27-15)20-11-4-6-12(7-5-11)25-16(17,18)19/h4-7,10H,2-3,8-9H2,1H3,(H,20,21). The fourth-order valence-corrected chi connectivity index (χ4v) is 4.57. The molecule has 1 amide bonds. The van der Waals surface area contributed by atoms with Crippen LogP contribution in [0.2, 0.25) is 0 Å². The summed E-state index contributed by atoms with van der Waals surface area (Å²) in [5, 5.41) is 11.3. The van der Waals surface area contributed by atoms with Crippen LogP contribution in [0.4, 0.5) is 24.0 Å². The van der Waals surface area contributed by atoms with Crippen LogP contribution in [0.1, 0.15) is 19.8 Å². The van der Waals surface area contributed by atoms with E-state index in [0.29, 0.717) is 15.2 Å². The van der Waals surface area contributed by atoms with Crippen molar-refractivity contribution in [3.05, 3.63) is 24.3 Å². The zero-order valence-corrected chi connectivity index (χ0v) is 16.0. The Morgan fingerprint density at radius 1 is 1.26 bits per heavy atom. The highest BCUT2D eigenvalue weighted by atomic mass is 32.2. The first kappa shape index (κ1) is 19.7. The second-order valence-corrected chi connectivity index (χ2v) is 8.43. The number of benzene rings is 1. The Balaban J connectivity index is 1.55. The van der Waals surface area contributed by atoms with Crippen molar-refractivity contribution in [1.82, 2.24) is 15.1 Å². The van der Waals surface area contributed by atoms with Gasteiger partial charge in [-0.15, -0.1) is 23.4 Å². The summed E-state index contributed by atoms with van der Waals surface area (Å²) in [5.41, 5.74) is 0.554. The van der Waals surface area contributed by atoms with E-state index in [0.717, 1.165) is 25.9 Å². The maximum absolute atomic E-state index is 12.3. The molecule has 6 nitrogen and oxygen atoms in total. The van der Waals surface area contributed by atoms with Crippen molar-refractivity contribution in [2.24, 2.45) is 0 Å². The molecule has 1 aromatic carbocycles. The number of alkyl halides is 3. The zero-order valence-electron chi connectivity index (χ0n) is 14.3. The number of aromatic nitrogens is 2. The normalized spacial score (nSPS) is 15.6. The minimum Gasteiger partial charge on any atom is -0.406 e. The van der Waals surface area contributed by atoms with Crippen molar-refractivity contribution in [2.45, 2.75) is 35.7 Å². The highest BCUT2D eigenvalue weighted by Crippen LogP contribution is 2.32. The Kier molecular flexibility index (Phi) is 6.10. The van der Waals surface area contributed by atoms with Gasteiger partial charge < -0.3 is 15.0 Å². The monoisotopic (exact) mass is 418 g/mol. The summed E-state index contributed by atoms with van der Waals surface area (Å²) >= 11 is 2.63. The van der Waals surface area contributed by atoms with Gasteiger partial charge in [-0.05, 0) is 44.0 Å². The molecular weight excluding hydrogens is 401 g/mol. The van der Waals surface area contributed by atoms with Crippen LogP contribution in [0, 0.1) is 0 Å². The van der Waals surface area contributed by atoms with Crippen molar-refractivity contribution in [3.8, 4) is 5.75 Å². The molecule has 146 valence electrons. The van der Waals surface area contributed by atoms with E-state index in [4.69, 9.17) is 0 Å². The molecule has 1 fully saturated rings. The molecule has 3 rings (SSSR count). The lowest BCUT2D eigenvalue weighted by Crippen LogP contribution is -2.33. The molecule has 0 radical (unpaired) electrons. The van der Waals surface area contributed by atoms with Gasteiger partial charge in [0.25, 0.3) is 0 Å². The first-order valence-corrected chi connectivity index (χ1v) is 9.91. The largest absolute Gasteiger partial charge is 0.573 e. The molecule has 0 aliphatic carbocycles. The second kappa shape index (κ2) is 8.34. The van der Waals surface area contributed by atoms with Crippen LogP contribution in [0.25, 0.3) is 0 Å². The third-order valence-corrected chi connectivity index (χ3v) is 5.80. The van der Waals surface area contributed by atoms with Crippen molar-refractivity contribution in [2.75, 3.05) is 18.4 Å². The number of anilines is 2. The summed E-state index contributed by atoms with van der Waals surface area (Å²) in [6, 6.07) is 5.33. The number of carbonyl (C=O) groups excluding carboxylic acids is 1. The van der Waals surface area contributed by atoms with Crippen molar-refractivity contribution < 1.29 is 22.7 Å². The van der Waals surface area contributed by atoms with E-state index in [2.05, 4.69) is 20.3 Å². The van der Waals surface area contributed by atoms with E-state index in [1.54, 1.807) is 0 Å². The van der Waals surface area contributed by atoms with Crippen LogP contribution in [0.3, 0.4) is 0 Å². The first-order valence-electron chi connectivity index (χ1n) is 8.22. The number of hydrogen-bond acceptors (Lipinski definition) is 7. The van der Waals surface area contributed by atoms with Crippen LogP contribution < -0.4 is 10.1 Å². The summed E-state index contributed by atoms with van der Waals surface area (Å²) < 4.78 is 41.0. The third kappa shape index (κ3) is 5.73. The number of halogens is 3. The van der Waals surface area contributed by atoms with Gasteiger partial charge in [0, 0.05) is 18.8 Å². The first-order chi connectivity index (χ1) is 12.8. The highest BCUT2D eigenvalue weighted by molar-refractivity contribution is 8.02. The number of hydrogen-bond donors (Lipinski definition) is 1. The Bertz CT molecular complexity index is 777. The molecular formula is C16H17F3N4O2S2.